The molecule has 1 aromatic carbocycles. The van der Waals surface area contributed by atoms with Gasteiger partial charge < -0.3 is 15.6 Å². The summed E-state index contributed by atoms with van der Waals surface area (Å²) in [6.45, 7) is 3.93. The molecule has 1 aliphatic heterocycles. The van der Waals surface area contributed by atoms with Crippen LogP contribution in [-0.4, -0.2) is 49.7 Å². The number of hydrogen-bond acceptors (Lipinski definition) is 5. The van der Waals surface area contributed by atoms with Crippen molar-refractivity contribution in [3.05, 3.63) is 23.8 Å². The third-order valence-corrected chi connectivity index (χ3v) is 5.77. The van der Waals surface area contributed by atoms with Crippen LogP contribution in [0.2, 0.25) is 0 Å². The summed E-state index contributed by atoms with van der Waals surface area (Å²) in [4.78, 5) is 0.246. The van der Waals surface area contributed by atoms with E-state index in [1.54, 1.807) is 19.1 Å². The number of sulfonamides is 1. The minimum Gasteiger partial charge on any atom is -0.399 e. The van der Waals surface area contributed by atoms with Crippen molar-refractivity contribution in [3.63, 3.8) is 0 Å². The maximum atomic E-state index is 12.9. The van der Waals surface area contributed by atoms with Gasteiger partial charge in [-0.05, 0) is 31.0 Å². The number of ether oxygens (including phenoxy) is 1. The van der Waals surface area contributed by atoms with Gasteiger partial charge in [0.25, 0.3) is 0 Å². The quantitative estimate of drug-likeness (QED) is 0.794. The fraction of sp³-hybridized carbons (Fsp3) is 0.571. The van der Waals surface area contributed by atoms with Gasteiger partial charge >= 0.3 is 0 Å². The van der Waals surface area contributed by atoms with Crippen LogP contribution in [0.1, 0.15) is 19.4 Å². The number of nitrogens with two attached hydrogens (primary N) is 1. The topological polar surface area (TPSA) is 92.9 Å². The number of nitrogen functional groups attached to an aromatic ring is 1. The van der Waals surface area contributed by atoms with E-state index in [4.69, 9.17) is 10.5 Å². The average Bonchev–Trinajstić information content (AvgIpc) is 2.47. The van der Waals surface area contributed by atoms with Crippen molar-refractivity contribution in [2.24, 2.45) is 0 Å². The molecule has 2 unspecified atom stereocenters. The number of aryl methyl sites for hydroxylation is 1. The number of aliphatic hydroxyl groups excluding tert-OH is 1. The number of anilines is 1. The molecule has 0 saturated carbocycles. The van der Waals surface area contributed by atoms with Crippen molar-refractivity contribution in [1.82, 2.24) is 4.31 Å². The van der Waals surface area contributed by atoms with Gasteiger partial charge in [0.1, 0.15) is 0 Å². The molecule has 0 amide bonds. The number of nitrogens with zero attached hydrogens (tertiary/aromatic N) is 1. The fourth-order valence-electron chi connectivity index (χ4n) is 2.47. The standard InChI is InChI=1S/C14H22N2O4S/c1-3-11-4-5-12(15)6-14(11)21(18,19)16-7-13(8-17)20-9-10(16)2/h4-6,10,13,17H,3,7-9,15H2,1-2H3. The second kappa shape index (κ2) is 6.31. The van der Waals surface area contributed by atoms with E-state index < -0.39 is 16.1 Å². The molecule has 2 atom stereocenters. The lowest BCUT2D eigenvalue weighted by Crippen LogP contribution is -2.52. The molecule has 0 spiro atoms. The molecule has 2 rings (SSSR count). The predicted octanol–water partition coefficient (Wildman–Crippen LogP) is 0.601. The van der Waals surface area contributed by atoms with E-state index in [0.717, 1.165) is 5.56 Å². The Kier molecular flexibility index (Phi) is 4.88. The van der Waals surface area contributed by atoms with E-state index >= 15 is 0 Å². The van der Waals surface area contributed by atoms with Crippen molar-refractivity contribution in [1.29, 1.82) is 0 Å². The summed E-state index contributed by atoms with van der Waals surface area (Å²) >= 11 is 0. The summed E-state index contributed by atoms with van der Waals surface area (Å²) in [5, 5.41) is 9.21. The van der Waals surface area contributed by atoms with Crippen molar-refractivity contribution in [2.75, 3.05) is 25.5 Å². The second-order valence-electron chi connectivity index (χ2n) is 5.28. The van der Waals surface area contributed by atoms with Crippen LogP contribution in [0.15, 0.2) is 23.1 Å². The van der Waals surface area contributed by atoms with E-state index in [2.05, 4.69) is 0 Å². The van der Waals surface area contributed by atoms with E-state index in [0.29, 0.717) is 12.1 Å². The van der Waals surface area contributed by atoms with Crippen molar-refractivity contribution in [3.8, 4) is 0 Å². The molecular weight excluding hydrogens is 292 g/mol. The molecular formula is C14H22N2O4S. The summed E-state index contributed by atoms with van der Waals surface area (Å²) < 4.78 is 32.6. The molecule has 118 valence electrons. The van der Waals surface area contributed by atoms with Crippen molar-refractivity contribution in [2.45, 2.75) is 37.3 Å². The molecule has 0 aromatic heterocycles. The first-order valence-corrected chi connectivity index (χ1v) is 8.46. The Morgan fingerprint density at radius 1 is 1.48 bits per heavy atom. The van der Waals surface area contributed by atoms with Gasteiger partial charge in [-0.3, -0.25) is 0 Å². The van der Waals surface area contributed by atoms with Gasteiger partial charge in [0.05, 0.1) is 24.2 Å². The monoisotopic (exact) mass is 314 g/mol. The van der Waals surface area contributed by atoms with Crippen LogP contribution in [0, 0.1) is 0 Å². The molecule has 7 heteroatoms. The minimum absolute atomic E-state index is 0.151. The van der Waals surface area contributed by atoms with Crippen LogP contribution in [0.5, 0.6) is 0 Å². The highest BCUT2D eigenvalue weighted by Gasteiger charge is 2.36. The minimum atomic E-state index is -3.66. The first-order valence-electron chi connectivity index (χ1n) is 7.02. The number of morpholine rings is 1. The highest BCUT2D eigenvalue weighted by atomic mass is 32.2. The Morgan fingerprint density at radius 2 is 2.19 bits per heavy atom. The van der Waals surface area contributed by atoms with Crippen LogP contribution in [0.4, 0.5) is 5.69 Å². The fourth-order valence-corrected chi connectivity index (χ4v) is 4.45. The zero-order valence-corrected chi connectivity index (χ0v) is 13.1. The predicted molar refractivity (Wildman–Crippen MR) is 80.4 cm³/mol. The molecule has 0 bridgehead atoms. The number of benzene rings is 1. The maximum Gasteiger partial charge on any atom is 0.243 e. The second-order valence-corrected chi connectivity index (χ2v) is 7.14. The van der Waals surface area contributed by atoms with Gasteiger partial charge in [0, 0.05) is 18.3 Å². The first kappa shape index (κ1) is 16.2. The summed E-state index contributed by atoms with van der Waals surface area (Å²) in [5.74, 6) is 0. The first-order chi connectivity index (χ1) is 9.90. The molecule has 3 N–H and O–H groups in total. The Labute approximate surface area is 125 Å². The lowest BCUT2D eigenvalue weighted by Gasteiger charge is -2.36. The zero-order chi connectivity index (χ0) is 15.6. The third kappa shape index (κ3) is 3.21. The molecule has 1 fully saturated rings. The Bertz CT molecular complexity index is 603. The normalized spacial score (nSPS) is 24.1. The Morgan fingerprint density at radius 3 is 2.81 bits per heavy atom. The number of aliphatic hydroxyl groups is 1. The Balaban J connectivity index is 2.43. The van der Waals surface area contributed by atoms with Gasteiger partial charge in [0.2, 0.25) is 10.0 Å². The van der Waals surface area contributed by atoms with Crippen LogP contribution >= 0.6 is 0 Å². The third-order valence-electron chi connectivity index (χ3n) is 3.71. The molecule has 21 heavy (non-hydrogen) atoms. The van der Waals surface area contributed by atoms with E-state index in [-0.39, 0.29) is 30.7 Å². The maximum absolute atomic E-state index is 12.9. The van der Waals surface area contributed by atoms with E-state index in [1.807, 2.05) is 6.92 Å². The SMILES string of the molecule is CCc1ccc(N)cc1S(=O)(=O)N1CC(CO)OCC1C. The molecule has 0 radical (unpaired) electrons. The lowest BCUT2D eigenvalue weighted by molar-refractivity contribution is -0.0516. The smallest absolute Gasteiger partial charge is 0.243 e. The molecule has 1 aliphatic rings. The molecule has 6 nitrogen and oxygen atoms in total. The van der Waals surface area contributed by atoms with Gasteiger partial charge in [-0.1, -0.05) is 13.0 Å². The van der Waals surface area contributed by atoms with Gasteiger partial charge in [-0.2, -0.15) is 4.31 Å². The van der Waals surface area contributed by atoms with Crippen LogP contribution < -0.4 is 5.73 Å². The van der Waals surface area contributed by atoms with Crippen LogP contribution in [0.3, 0.4) is 0 Å². The number of hydrogen-bond donors (Lipinski definition) is 2. The van der Waals surface area contributed by atoms with E-state index in [9.17, 15) is 13.5 Å². The summed E-state index contributed by atoms with van der Waals surface area (Å²) in [6, 6.07) is 4.68. The van der Waals surface area contributed by atoms with Crippen LogP contribution in [0.25, 0.3) is 0 Å². The van der Waals surface area contributed by atoms with Crippen molar-refractivity contribution >= 4 is 15.7 Å². The van der Waals surface area contributed by atoms with Crippen molar-refractivity contribution < 1.29 is 18.3 Å². The largest absolute Gasteiger partial charge is 0.399 e. The zero-order valence-electron chi connectivity index (χ0n) is 12.3. The lowest BCUT2D eigenvalue weighted by atomic mass is 10.1. The number of rotatable bonds is 4. The van der Waals surface area contributed by atoms with Gasteiger partial charge in [0.15, 0.2) is 0 Å². The van der Waals surface area contributed by atoms with Crippen LogP contribution in [-0.2, 0) is 21.2 Å². The summed E-state index contributed by atoms with van der Waals surface area (Å²) in [5.41, 5.74) is 6.91. The Hall–Kier alpha value is -1.15. The van der Waals surface area contributed by atoms with Gasteiger partial charge in [-0.15, -0.1) is 0 Å². The summed E-state index contributed by atoms with van der Waals surface area (Å²) in [7, 11) is -3.66. The molecule has 0 aliphatic carbocycles. The summed E-state index contributed by atoms with van der Waals surface area (Å²) in [6.07, 6.45) is 0.124. The highest BCUT2D eigenvalue weighted by molar-refractivity contribution is 7.89. The highest BCUT2D eigenvalue weighted by Crippen LogP contribution is 2.27. The molecule has 1 aromatic rings. The van der Waals surface area contributed by atoms with Gasteiger partial charge in [-0.25, -0.2) is 8.42 Å². The molecule has 1 saturated heterocycles. The molecule has 1 heterocycles. The van der Waals surface area contributed by atoms with E-state index in [1.165, 1.54) is 10.4 Å². The average molecular weight is 314 g/mol.